The highest BCUT2D eigenvalue weighted by Gasteiger charge is 2.12. The Kier molecular flexibility index (Phi) is 3.20. The Morgan fingerprint density at radius 2 is 2.25 bits per heavy atom. The second-order valence-electron chi connectivity index (χ2n) is 1.23. The number of nitriles is 1. The molecule has 0 aliphatic heterocycles. The molecule has 0 aliphatic rings. The van der Waals surface area contributed by atoms with Crippen LogP contribution in [0.25, 0.3) is 0 Å². The number of rotatable bonds is 2. The molecule has 0 amide bonds. The maximum Gasteiger partial charge on any atom is 0.634 e. The summed E-state index contributed by atoms with van der Waals surface area (Å²) in [5.74, 6) is 0. The summed E-state index contributed by atoms with van der Waals surface area (Å²) in [6.07, 6.45) is -0.769. The van der Waals surface area contributed by atoms with Crippen molar-refractivity contribution in [3.05, 3.63) is 0 Å². The van der Waals surface area contributed by atoms with E-state index >= 15 is 0 Å². The summed E-state index contributed by atoms with van der Waals surface area (Å²) in [7, 11) is -1.84. The minimum Gasteiger partial charge on any atom is -0.402 e. The van der Waals surface area contributed by atoms with Gasteiger partial charge in [-0.25, -0.2) is 0 Å². The summed E-state index contributed by atoms with van der Waals surface area (Å²) in [5.41, 5.74) is 0. The molecule has 0 spiro atoms. The van der Waals surface area contributed by atoms with Gasteiger partial charge in [-0.05, 0) is 6.92 Å². The fourth-order valence-corrected chi connectivity index (χ4v) is 0.213. The molecule has 0 aliphatic carbocycles. The molecule has 0 aromatic rings. The fourth-order valence-electron chi connectivity index (χ4n) is 0.213. The highest BCUT2D eigenvalue weighted by Crippen LogP contribution is 1.85. The van der Waals surface area contributed by atoms with Crippen molar-refractivity contribution in [2.24, 2.45) is 0 Å². The molecule has 0 aromatic heterocycles. The lowest BCUT2D eigenvalue weighted by Crippen LogP contribution is -2.22. The van der Waals surface area contributed by atoms with E-state index in [0.717, 1.165) is 0 Å². The largest absolute Gasteiger partial charge is 0.634 e. The van der Waals surface area contributed by atoms with Crippen LogP contribution in [0, 0.1) is 11.3 Å². The van der Waals surface area contributed by atoms with Gasteiger partial charge in [-0.1, -0.05) is 0 Å². The second kappa shape index (κ2) is 3.44. The minimum absolute atomic E-state index is 0.769. The van der Waals surface area contributed by atoms with Gasteiger partial charge in [0.2, 0.25) is 0 Å². The SMILES string of the molecule is CC(C#N)OB(O)O. The summed E-state index contributed by atoms with van der Waals surface area (Å²) in [4.78, 5) is 0. The van der Waals surface area contributed by atoms with Crippen molar-refractivity contribution in [2.75, 3.05) is 0 Å². The third kappa shape index (κ3) is 3.62. The predicted octanol–water partition coefficient (Wildman–Crippen LogP) is -1.12. The molecule has 0 bridgehead atoms. The average molecular weight is 115 g/mol. The molecule has 8 heavy (non-hydrogen) atoms. The third-order valence-electron chi connectivity index (χ3n) is 0.508. The minimum atomic E-state index is -1.84. The Labute approximate surface area is 47.5 Å². The second-order valence-corrected chi connectivity index (χ2v) is 1.23. The van der Waals surface area contributed by atoms with Crippen molar-refractivity contribution in [2.45, 2.75) is 13.0 Å². The topological polar surface area (TPSA) is 73.5 Å². The van der Waals surface area contributed by atoms with Gasteiger partial charge >= 0.3 is 7.32 Å². The molecule has 0 fully saturated rings. The van der Waals surface area contributed by atoms with Gasteiger partial charge in [0.15, 0.2) is 0 Å². The Balaban J connectivity index is 3.28. The zero-order valence-corrected chi connectivity index (χ0v) is 4.40. The molecule has 44 valence electrons. The summed E-state index contributed by atoms with van der Waals surface area (Å²) in [6.45, 7) is 1.42. The van der Waals surface area contributed by atoms with Gasteiger partial charge in [0.25, 0.3) is 0 Å². The molecule has 2 N–H and O–H groups in total. The molecular weight excluding hydrogens is 109 g/mol. The zero-order valence-electron chi connectivity index (χ0n) is 4.40. The van der Waals surface area contributed by atoms with Gasteiger partial charge in [0.1, 0.15) is 6.10 Å². The van der Waals surface area contributed by atoms with E-state index in [-0.39, 0.29) is 0 Å². The van der Waals surface area contributed by atoms with Crippen LogP contribution in [0.1, 0.15) is 6.92 Å². The van der Waals surface area contributed by atoms with Crippen LogP contribution < -0.4 is 0 Å². The van der Waals surface area contributed by atoms with E-state index in [1.165, 1.54) is 6.92 Å². The maximum atomic E-state index is 8.04. The smallest absolute Gasteiger partial charge is 0.402 e. The van der Waals surface area contributed by atoms with E-state index in [1.54, 1.807) is 6.07 Å². The van der Waals surface area contributed by atoms with E-state index in [1.807, 2.05) is 0 Å². The molecule has 0 saturated carbocycles. The Morgan fingerprint density at radius 1 is 1.75 bits per heavy atom. The molecule has 1 unspecified atom stereocenters. The van der Waals surface area contributed by atoms with Crippen LogP contribution in [0.15, 0.2) is 0 Å². The Hall–Kier alpha value is -0.565. The van der Waals surface area contributed by atoms with E-state index in [0.29, 0.717) is 0 Å². The van der Waals surface area contributed by atoms with Crippen LogP contribution in [-0.2, 0) is 4.65 Å². The van der Waals surface area contributed by atoms with Gasteiger partial charge in [-0.3, -0.25) is 0 Å². The first-order valence-corrected chi connectivity index (χ1v) is 2.08. The Bertz CT molecular complexity index is 99.2. The zero-order chi connectivity index (χ0) is 6.57. The molecular formula is C3H6BNO3. The first-order chi connectivity index (χ1) is 3.66. The van der Waals surface area contributed by atoms with Crippen LogP contribution >= 0.6 is 0 Å². The normalized spacial score (nSPS) is 12.2. The van der Waals surface area contributed by atoms with Crippen LogP contribution in [0.5, 0.6) is 0 Å². The highest BCUT2D eigenvalue weighted by molar-refractivity contribution is 6.32. The van der Waals surface area contributed by atoms with Crippen molar-refractivity contribution in [3.8, 4) is 6.07 Å². The standard InChI is InChI=1S/C3H6BNO3/c1-3(2-5)8-4(6)7/h3,6-7H,1H3. The van der Waals surface area contributed by atoms with Gasteiger partial charge in [0.05, 0.1) is 6.07 Å². The molecule has 0 saturated heterocycles. The molecule has 0 rings (SSSR count). The Morgan fingerprint density at radius 3 is 2.38 bits per heavy atom. The lowest BCUT2D eigenvalue weighted by Gasteiger charge is -2.00. The molecule has 0 aromatic carbocycles. The van der Waals surface area contributed by atoms with Crippen molar-refractivity contribution < 1.29 is 14.7 Å². The van der Waals surface area contributed by atoms with Gasteiger partial charge in [-0.15, -0.1) is 0 Å². The monoisotopic (exact) mass is 115 g/mol. The quantitative estimate of drug-likeness (QED) is 0.447. The maximum absolute atomic E-state index is 8.04. The summed E-state index contributed by atoms with van der Waals surface area (Å²) >= 11 is 0. The van der Waals surface area contributed by atoms with Gasteiger partial charge < -0.3 is 14.7 Å². The van der Waals surface area contributed by atoms with Crippen molar-refractivity contribution in [3.63, 3.8) is 0 Å². The number of hydrogen-bond donors (Lipinski definition) is 2. The lowest BCUT2D eigenvalue weighted by atomic mass is 10.2. The number of nitrogens with zero attached hydrogens (tertiary/aromatic N) is 1. The van der Waals surface area contributed by atoms with Crippen LogP contribution in [0.4, 0.5) is 0 Å². The first kappa shape index (κ1) is 7.43. The number of hydrogen-bond acceptors (Lipinski definition) is 4. The summed E-state index contributed by atoms with van der Waals surface area (Å²) in [5, 5.41) is 24.1. The first-order valence-electron chi connectivity index (χ1n) is 2.08. The molecule has 0 radical (unpaired) electrons. The van der Waals surface area contributed by atoms with Gasteiger partial charge in [0, 0.05) is 0 Å². The lowest BCUT2D eigenvalue weighted by molar-refractivity contribution is 0.161. The average Bonchev–Trinajstić information content (AvgIpc) is 1.65. The van der Waals surface area contributed by atoms with Crippen LogP contribution in [0.3, 0.4) is 0 Å². The van der Waals surface area contributed by atoms with E-state index in [9.17, 15) is 0 Å². The molecule has 0 heterocycles. The van der Waals surface area contributed by atoms with Crippen molar-refractivity contribution >= 4 is 7.32 Å². The van der Waals surface area contributed by atoms with Crippen LogP contribution in [0.2, 0.25) is 0 Å². The predicted molar refractivity (Wildman–Crippen MR) is 26.4 cm³/mol. The highest BCUT2D eigenvalue weighted by atomic mass is 16.6. The van der Waals surface area contributed by atoms with Crippen molar-refractivity contribution in [1.82, 2.24) is 0 Å². The van der Waals surface area contributed by atoms with Gasteiger partial charge in [-0.2, -0.15) is 5.26 Å². The molecule has 4 nitrogen and oxygen atoms in total. The summed E-state index contributed by atoms with van der Waals surface area (Å²) < 4.78 is 4.15. The molecule has 1 atom stereocenters. The summed E-state index contributed by atoms with van der Waals surface area (Å²) in [6, 6.07) is 1.65. The van der Waals surface area contributed by atoms with Crippen LogP contribution in [-0.4, -0.2) is 23.5 Å². The van der Waals surface area contributed by atoms with E-state index < -0.39 is 13.4 Å². The fraction of sp³-hybridized carbons (Fsp3) is 0.667. The van der Waals surface area contributed by atoms with Crippen molar-refractivity contribution in [1.29, 1.82) is 5.26 Å². The third-order valence-corrected chi connectivity index (χ3v) is 0.508. The van der Waals surface area contributed by atoms with E-state index in [4.69, 9.17) is 15.3 Å². The molecule has 5 heteroatoms. The van der Waals surface area contributed by atoms with E-state index in [2.05, 4.69) is 4.65 Å².